The Bertz CT molecular complexity index is 407. The first-order chi connectivity index (χ1) is 9.15. The van der Waals surface area contributed by atoms with E-state index in [4.69, 9.17) is 4.74 Å². The van der Waals surface area contributed by atoms with Gasteiger partial charge >= 0.3 is 0 Å². The van der Waals surface area contributed by atoms with E-state index < -0.39 is 6.10 Å². The van der Waals surface area contributed by atoms with Crippen molar-refractivity contribution in [3.05, 3.63) is 22.4 Å². The summed E-state index contributed by atoms with van der Waals surface area (Å²) < 4.78 is 5.35. The molecular formula is C14H21NO3S. The lowest BCUT2D eigenvalue weighted by molar-refractivity contribution is -0.0462. The zero-order valence-corrected chi connectivity index (χ0v) is 12.2. The molecule has 1 saturated carbocycles. The Hall–Kier alpha value is -0.910. The maximum absolute atomic E-state index is 12.3. The van der Waals surface area contributed by atoms with Gasteiger partial charge in [0.15, 0.2) is 0 Å². The van der Waals surface area contributed by atoms with E-state index in [1.54, 1.807) is 19.1 Å². The number of hydrogen-bond acceptors (Lipinski definition) is 4. The van der Waals surface area contributed by atoms with E-state index in [1.165, 1.54) is 11.3 Å². The van der Waals surface area contributed by atoms with Gasteiger partial charge in [0.2, 0.25) is 0 Å². The van der Waals surface area contributed by atoms with Crippen LogP contribution in [0.5, 0.6) is 0 Å². The molecule has 1 aliphatic rings. The van der Waals surface area contributed by atoms with Crippen LogP contribution in [-0.2, 0) is 4.74 Å². The smallest absolute Gasteiger partial charge is 0.263 e. The minimum Gasteiger partial charge on any atom is -0.388 e. The lowest BCUT2D eigenvalue weighted by atomic mass is 10.0. The van der Waals surface area contributed by atoms with Crippen LogP contribution in [0.25, 0.3) is 0 Å². The molecule has 19 heavy (non-hydrogen) atoms. The van der Waals surface area contributed by atoms with Gasteiger partial charge in [-0.05, 0) is 24.3 Å². The van der Waals surface area contributed by atoms with E-state index in [1.807, 2.05) is 17.5 Å². The second kappa shape index (κ2) is 6.50. The third-order valence-electron chi connectivity index (χ3n) is 3.87. The van der Waals surface area contributed by atoms with Crippen LogP contribution < -0.4 is 0 Å². The minimum atomic E-state index is -0.610. The van der Waals surface area contributed by atoms with Gasteiger partial charge in [0.25, 0.3) is 5.91 Å². The van der Waals surface area contributed by atoms with Crippen molar-refractivity contribution >= 4 is 17.2 Å². The van der Waals surface area contributed by atoms with Crippen LogP contribution in [0.1, 0.15) is 35.4 Å². The number of rotatable bonds is 3. The number of ether oxygens (including phenoxy) is 1. The van der Waals surface area contributed by atoms with Crippen LogP contribution >= 0.6 is 11.3 Å². The number of thiophene rings is 1. The van der Waals surface area contributed by atoms with Gasteiger partial charge in [-0.3, -0.25) is 4.79 Å². The van der Waals surface area contributed by atoms with Crippen LogP contribution in [-0.4, -0.2) is 48.3 Å². The first-order valence-electron chi connectivity index (χ1n) is 6.66. The summed E-state index contributed by atoms with van der Waals surface area (Å²) in [6, 6.07) is 3.52. The number of likely N-dealkylation sites (N-methyl/N-ethyl adjacent to an activating group) is 1. The highest BCUT2D eigenvalue weighted by molar-refractivity contribution is 7.12. The number of hydrogen-bond donors (Lipinski definition) is 1. The standard InChI is InChI=1S/C14H21NO3S/c1-15(14(17)12-8-5-9-19-12)10-6-3-4-7-11(18-2)13(10)16/h5,8-11,13,16H,3-4,6-7H2,1-2H3/t10-,11-,13-/m1/s1. The fraction of sp³-hybridized carbons (Fsp3) is 0.643. The van der Waals surface area contributed by atoms with Gasteiger partial charge in [-0.1, -0.05) is 18.9 Å². The fourth-order valence-corrected chi connectivity index (χ4v) is 3.40. The zero-order valence-electron chi connectivity index (χ0n) is 11.4. The van der Waals surface area contributed by atoms with Crippen molar-refractivity contribution < 1.29 is 14.6 Å². The Morgan fingerprint density at radius 3 is 2.84 bits per heavy atom. The fourth-order valence-electron chi connectivity index (χ4n) is 2.69. The number of nitrogens with zero attached hydrogens (tertiary/aromatic N) is 1. The molecule has 3 atom stereocenters. The van der Waals surface area contributed by atoms with Crippen LogP contribution in [0, 0.1) is 0 Å². The van der Waals surface area contributed by atoms with E-state index >= 15 is 0 Å². The normalized spacial score (nSPS) is 27.8. The molecule has 0 bridgehead atoms. The van der Waals surface area contributed by atoms with E-state index in [0.29, 0.717) is 4.88 Å². The van der Waals surface area contributed by atoms with Crippen LogP contribution in [0.4, 0.5) is 0 Å². The van der Waals surface area contributed by atoms with Gasteiger partial charge in [0.1, 0.15) is 6.10 Å². The van der Waals surface area contributed by atoms with Crippen LogP contribution in [0.3, 0.4) is 0 Å². The predicted molar refractivity (Wildman–Crippen MR) is 75.5 cm³/mol. The third kappa shape index (κ3) is 3.16. The molecule has 0 radical (unpaired) electrons. The molecule has 0 spiro atoms. The van der Waals surface area contributed by atoms with Gasteiger partial charge in [-0.15, -0.1) is 11.3 Å². The molecule has 106 valence electrons. The number of aliphatic hydroxyl groups excluding tert-OH is 1. The van der Waals surface area contributed by atoms with Crippen molar-refractivity contribution in [2.75, 3.05) is 14.2 Å². The van der Waals surface area contributed by atoms with Crippen LogP contribution in [0.15, 0.2) is 17.5 Å². The Balaban J connectivity index is 2.12. The molecular weight excluding hydrogens is 262 g/mol. The average molecular weight is 283 g/mol. The van der Waals surface area contributed by atoms with Crippen molar-refractivity contribution in [2.45, 2.75) is 43.9 Å². The molecule has 0 unspecified atom stereocenters. The Labute approximate surface area is 118 Å². The minimum absolute atomic E-state index is 0.0178. The lowest BCUT2D eigenvalue weighted by Gasteiger charge is -2.33. The second-order valence-corrected chi connectivity index (χ2v) is 5.96. The second-order valence-electron chi connectivity index (χ2n) is 5.01. The molecule has 1 fully saturated rings. The molecule has 1 heterocycles. The van der Waals surface area contributed by atoms with Crippen molar-refractivity contribution in [3.8, 4) is 0 Å². The van der Waals surface area contributed by atoms with Gasteiger partial charge < -0.3 is 14.7 Å². The summed E-state index contributed by atoms with van der Waals surface area (Å²) in [5, 5.41) is 12.3. The third-order valence-corrected chi connectivity index (χ3v) is 4.72. The Morgan fingerprint density at radius 2 is 2.21 bits per heavy atom. The summed E-state index contributed by atoms with van der Waals surface area (Å²) in [5.74, 6) is -0.0178. The molecule has 1 N–H and O–H groups in total. The van der Waals surface area contributed by atoms with E-state index in [0.717, 1.165) is 25.7 Å². The highest BCUT2D eigenvalue weighted by atomic mass is 32.1. The molecule has 1 aromatic heterocycles. The summed E-state index contributed by atoms with van der Waals surface area (Å²) in [6.45, 7) is 0. The van der Waals surface area contributed by atoms with E-state index in [9.17, 15) is 9.90 Å². The molecule has 5 heteroatoms. The monoisotopic (exact) mass is 283 g/mol. The number of aliphatic hydroxyl groups is 1. The summed E-state index contributed by atoms with van der Waals surface area (Å²) in [7, 11) is 3.39. The Kier molecular flexibility index (Phi) is 4.96. The van der Waals surface area contributed by atoms with Crippen molar-refractivity contribution in [3.63, 3.8) is 0 Å². The first kappa shape index (κ1) is 14.5. The molecule has 1 amide bonds. The van der Waals surface area contributed by atoms with Crippen molar-refractivity contribution in [2.24, 2.45) is 0 Å². The van der Waals surface area contributed by atoms with Gasteiger partial charge in [-0.2, -0.15) is 0 Å². The van der Waals surface area contributed by atoms with Gasteiger partial charge in [0.05, 0.1) is 17.0 Å². The molecule has 0 aliphatic heterocycles. The highest BCUT2D eigenvalue weighted by Gasteiger charge is 2.34. The van der Waals surface area contributed by atoms with Gasteiger partial charge in [-0.25, -0.2) is 0 Å². The molecule has 0 saturated heterocycles. The zero-order chi connectivity index (χ0) is 13.8. The maximum atomic E-state index is 12.3. The highest BCUT2D eigenvalue weighted by Crippen LogP contribution is 2.25. The lowest BCUT2D eigenvalue weighted by Crippen LogP contribution is -2.48. The van der Waals surface area contributed by atoms with E-state index in [2.05, 4.69) is 0 Å². The maximum Gasteiger partial charge on any atom is 0.263 e. The molecule has 1 aliphatic carbocycles. The quantitative estimate of drug-likeness (QED) is 0.865. The number of carbonyl (C=O) groups is 1. The molecule has 0 aromatic carbocycles. The van der Waals surface area contributed by atoms with Crippen LogP contribution in [0.2, 0.25) is 0 Å². The number of methoxy groups -OCH3 is 1. The number of amides is 1. The summed E-state index contributed by atoms with van der Waals surface area (Å²) in [4.78, 5) is 14.7. The first-order valence-corrected chi connectivity index (χ1v) is 7.54. The summed E-state index contributed by atoms with van der Waals surface area (Å²) in [5.41, 5.74) is 0. The molecule has 2 rings (SSSR count). The number of carbonyl (C=O) groups excluding carboxylic acids is 1. The average Bonchev–Trinajstić information content (AvgIpc) is 2.88. The van der Waals surface area contributed by atoms with Crippen molar-refractivity contribution in [1.29, 1.82) is 0 Å². The molecule has 1 aromatic rings. The largest absolute Gasteiger partial charge is 0.388 e. The summed E-state index contributed by atoms with van der Waals surface area (Å²) >= 11 is 1.43. The predicted octanol–water partition coefficient (Wildman–Crippen LogP) is 2.14. The van der Waals surface area contributed by atoms with E-state index in [-0.39, 0.29) is 18.1 Å². The van der Waals surface area contributed by atoms with Crippen molar-refractivity contribution in [1.82, 2.24) is 4.90 Å². The Morgan fingerprint density at radius 1 is 1.47 bits per heavy atom. The topological polar surface area (TPSA) is 49.8 Å². The molecule has 4 nitrogen and oxygen atoms in total. The SMILES string of the molecule is CO[C@@H]1CCCC[C@@H](N(C)C(=O)c2cccs2)[C@H]1O. The summed E-state index contributed by atoms with van der Waals surface area (Å²) in [6.07, 6.45) is 2.95. The van der Waals surface area contributed by atoms with Gasteiger partial charge in [0, 0.05) is 14.2 Å².